The number of phenols is 1. The van der Waals surface area contributed by atoms with Crippen molar-refractivity contribution < 1.29 is 24.5 Å². The van der Waals surface area contributed by atoms with E-state index in [4.69, 9.17) is 9.84 Å². The van der Waals surface area contributed by atoms with Gasteiger partial charge >= 0.3 is 5.97 Å². The predicted molar refractivity (Wildman–Crippen MR) is 148 cm³/mol. The molecular weight excluding hydrogens is 474 g/mol. The normalized spacial score (nSPS) is 12.8. The lowest BCUT2D eigenvalue weighted by Gasteiger charge is -2.33. The molecule has 200 valence electrons. The average Bonchev–Trinajstić information content (AvgIpc) is 2.75. The number of carbonyl (C=O) groups excluding carboxylic acids is 1. The maximum Gasteiger partial charge on any atom is 0.303 e. The third-order valence-electron chi connectivity index (χ3n) is 6.18. The first-order valence-electron chi connectivity index (χ1n) is 12.2. The van der Waals surface area contributed by atoms with E-state index in [1.54, 1.807) is 11.9 Å². The van der Waals surface area contributed by atoms with Crippen molar-refractivity contribution in [1.82, 2.24) is 4.90 Å². The number of nitrogens with zero attached hydrogens (tertiary/aromatic N) is 1. The summed E-state index contributed by atoms with van der Waals surface area (Å²) in [6.45, 7) is 13.0. The summed E-state index contributed by atoms with van der Waals surface area (Å²) in [6.07, 6.45) is 4.26. The number of phenolic OH excluding ortho intramolecular Hbond substituents is 1. The number of carboxylic acid groups (broad SMARTS) is 1. The molecule has 0 spiro atoms. The molecule has 0 atom stereocenters. The monoisotopic (exact) mass is 517 g/mol. The summed E-state index contributed by atoms with van der Waals surface area (Å²) in [7, 11) is 0.415. The van der Waals surface area contributed by atoms with Gasteiger partial charge in [-0.1, -0.05) is 53.7 Å². The Kier molecular flexibility index (Phi) is 9.16. The van der Waals surface area contributed by atoms with Crippen molar-refractivity contribution in [3.05, 3.63) is 53.1 Å². The minimum atomic E-state index is -1.28. The van der Waals surface area contributed by atoms with Gasteiger partial charge in [-0.05, 0) is 58.1 Å². The summed E-state index contributed by atoms with van der Waals surface area (Å²) >= 11 is 0. The number of amides is 1. The molecule has 2 aromatic carbocycles. The van der Waals surface area contributed by atoms with Crippen LogP contribution in [0.2, 0.25) is 0 Å². The molecule has 36 heavy (non-hydrogen) atoms. The van der Waals surface area contributed by atoms with Crippen LogP contribution in [0.3, 0.4) is 0 Å². The quantitative estimate of drug-likeness (QED) is 0.409. The van der Waals surface area contributed by atoms with Gasteiger partial charge in [-0.3, -0.25) is 9.59 Å². The van der Waals surface area contributed by atoms with Gasteiger partial charge in [-0.25, -0.2) is 0 Å². The summed E-state index contributed by atoms with van der Waals surface area (Å²) in [6, 6.07) is 12.1. The third kappa shape index (κ3) is 7.92. The van der Waals surface area contributed by atoms with Gasteiger partial charge < -0.3 is 19.8 Å². The largest absolute Gasteiger partial charge is 0.507 e. The van der Waals surface area contributed by atoms with E-state index in [2.05, 4.69) is 66.2 Å². The van der Waals surface area contributed by atoms with Crippen LogP contribution in [-0.2, 0) is 27.0 Å². The highest BCUT2D eigenvalue weighted by Gasteiger charge is 2.27. The van der Waals surface area contributed by atoms with Crippen molar-refractivity contribution in [1.29, 1.82) is 0 Å². The number of hydrogen-bond acceptors (Lipinski definition) is 4. The van der Waals surface area contributed by atoms with Crippen LogP contribution in [-0.4, -0.2) is 52.5 Å². The third-order valence-corrected chi connectivity index (χ3v) is 8.43. The fourth-order valence-electron chi connectivity index (χ4n) is 3.85. The van der Waals surface area contributed by atoms with Crippen LogP contribution in [0.15, 0.2) is 41.3 Å². The zero-order valence-electron chi connectivity index (χ0n) is 23.3. The highest BCUT2D eigenvalue weighted by atomic mass is 32.3. The molecule has 7 heteroatoms. The lowest BCUT2D eigenvalue weighted by Crippen LogP contribution is -2.26. The minimum absolute atomic E-state index is 0.00352. The SMILES string of the molecule is CN(Cc1ccc(S(C)(C)COc2cc(C(C)(C)C)c(O)c(C(C)(C)C)c2)cc1)C(=O)CCC(=O)O. The van der Waals surface area contributed by atoms with E-state index in [9.17, 15) is 14.7 Å². The van der Waals surface area contributed by atoms with Gasteiger partial charge in [-0.15, -0.1) is 0 Å². The molecule has 0 aliphatic rings. The van der Waals surface area contributed by atoms with Crippen LogP contribution in [0.1, 0.15) is 71.1 Å². The number of aromatic hydroxyl groups is 1. The van der Waals surface area contributed by atoms with Gasteiger partial charge in [0.15, 0.2) is 0 Å². The van der Waals surface area contributed by atoms with Crippen molar-refractivity contribution in [2.45, 2.75) is 76.7 Å². The molecule has 6 nitrogen and oxygen atoms in total. The second-order valence-corrected chi connectivity index (χ2v) is 15.7. The molecule has 0 fully saturated rings. The first-order chi connectivity index (χ1) is 16.4. The molecule has 0 radical (unpaired) electrons. The number of aliphatic carboxylic acids is 1. The average molecular weight is 518 g/mol. The molecule has 0 aliphatic heterocycles. The van der Waals surface area contributed by atoms with Crippen LogP contribution < -0.4 is 4.74 Å². The van der Waals surface area contributed by atoms with E-state index >= 15 is 0 Å². The maximum atomic E-state index is 12.1. The molecule has 2 N–H and O–H groups in total. The Bertz CT molecular complexity index is 1040. The summed E-state index contributed by atoms with van der Waals surface area (Å²) in [5.41, 5.74) is 2.31. The van der Waals surface area contributed by atoms with Gasteiger partial charge in [0.1, 0.15) is 17.4 Å². The molecule has 1 amide bonds. The summed E-state index contributed by atoms with van der Waals surface area (Å²) in [5.74, 6) is 0.499. The standard InChI is InChI=1S/C29H43NO5S/c1-28(2,3)23-16-21(17-24(27(23)34)29(4,5)6)35-19-36(8,9)22-12-10-20(11-13-22)18-30(7)25(31)14-15-26(32)33/h10-13,16-17,34H,14-15,18-19H2,1-9H3,(H,32,33). The molecule has 0 saturated heterocycles. The van der Waals surface area contributed by atoms with Gasteiger partial charge in [0.2, 0.25) is 5.91 Å². The van der Waals surface area contributed by atoms with Crippen molar-refractivity contribution >= 4 is 21.9 Å². The van der Waals surface area contributed by atoms with Crippen LogP contribution in [0.5, 0.6) is 11.5 Å². The molecule has 2 rings (SSSR count). The van der Waals surface area contributed by atoms with Crippen molar-refractivity contribution in [2.75, 3.05) is 25.5 Å². The van der Waals surface area contributed by atoms with Crippen LogP contribution >= 0.6 is 10.0 Å². The highest BCUT2D eigenvalue weighted by Crippen LogP contribution is 2.49. The summed E-state index contributed by atoms with van der Waals surface area (Å²) in [5, 5.41) is 19.7. The maximum absolute atomic E-state index is 12.1. The highest BCUT2D eigenvalue weighted by molar-refractivity contribution is 8.32. The van der Waals surface area contributed by atoms with Crippen LogP contribution in [0.25, 0.3) is 0 Å². The molecule has 0 saturated carbocycles. The van der Waals surface area contributed by atoms with E-state index in [1.165, 1.54) is 4.90 Å². The number of benzene rings is 2. The topological polar surface area (TPSA) is 87.1 Å². The van der Waals surface area contributed by atoms with Crippen molar-refractivity contribution in [3.8, 4) is 11.5 Å². The molecule has 0 aromatic heterocycles. The fraction of sp³-hybridized carbons (Fsp3) is 0.517. The first-order valence-corrected chi connectivity index (χ1v) is 14.8. The van der Waals surface area contributed by atoms with Gasteiger partial charge in [0.05, 0.1) is 6.42 Å². The van der Waals surface area contributed by atoms with Crippen molar-refractivity contribution in [2.24, 2.45) is 0 Å². The Morgan fingerprint density at radius 3 is 1.86 bits per heavy atom. The number of hydrogen-bond donors (Lipinski definition) is 2. The first kappa shape index (κ1) is 29.6. The number of ether oxygens (including phenoxy) is 1. The van der Waals surface area contributed by atoms with Gasteiger partial charge in [0, 0.05) is 31.1 Å². The summed E-state index contributed by atoms with van der Waals surface area (Å²) in [4.78, 5) is 25.6. The van der Waals surface area contributed by atoms with Crippen LogP contribution in [0, 0.1) is 0 Å². The molecule has 0 aliphatic carbocycles. The van der Waals surface area contributed by atoms with E-state index < -0.39 is 16.0 Å². The Morgan fingerprint density at radius 2 is 1.42 bits per heavy atom. The zero-order valence-corrected chi connectivity index (χ0v) is 24.1. The second-order valence-electron chi connectivity index (χ2n) is 12.0. The molecule has 2 aromatic rings. The van der Waals surface area contributed by atoms with E-state index in [0.717, 1.165) is 22.4 Å². The van der Waals surface area contributed by atoms with E-state index in [1.807, 2.05) is 24.3 Å². The lowest BCUT2D eigenvalue weighted by atomic mass is 9.79. The smallest absolute Gasteiger partial charge is 0.303 e. The minimum Gasteiger partial charge on any atom is -0.507 e. The predicted octanol–water partition coefficient (Wildman–Crippen LogP) is 6.27. The molecular formula is C29H43NO5S. The zero-order chi connectivity index (χ0) is 27.5. The Hall–Kier alpha value is -2.67. The lowest BCUT2D eigenvalue weighted by molar-refractivity contribution is -0.140. The number of carboxylic acids is 1. The van der Waals surface area contributed by atoms with E-state index in [-0.39, 0.29) is 29.6 Å². The van der Waals surface area contributed by atoms with Gasteiger partial charge in [0.25, 0.3) is 0 Å². The van der Waals surface area contributed by atoms with Crippen LogP contribution in [0.4, 0.5) is 0 Å². The molecule has 0 unspecified atom stereocenters. The Balaban J connectivity index is 2.16. The number of rotatable bonds is 9. The summed E-state index contributed by atoms with van der Waals surface area (Å²) < 4.78 is 6.35. The van der Waals surface area contributed by atoms with Gasteiger partial charge in [-0.2, -0.15) is 10.0 Å². The fourth-order valence-corrected chi connectivity index (χ4v) is 5.29. The molecule has 0 heterocycles. The molecule has 0 bridgehead atoms. The Labute approximate surface area is 218 Å². The second kappa shape index (κ2) is 11.2. The number of carbonyl (C=O) groups is 2. The van der Waals surface area contributed by atoms with Crippen molar-refractivity contribution in [3.63, 3.8) is 0 Å². The Morgan fingerprint density at radius 1 is 0.917 bits per heavy atom. The van der Waals surface area contributed by atoms with E-state index in [0.29, 0.717) is 18.2 Å².